The van der Waals surface area contributed by atoms with Crippen LogP contribution in [0, 0.1) is 0 Å². The van der Waals surface area contributed by atoms with Crippen LogP contribution in [-0.4, -0.2) is 27.5 Å². The van der Waals surface area contributed by atoms with Gasteiger partial charge in [-0.1, -0.05) is 18.2 Å². The van der Waals surface area contributed by atoms with Crippen LogP contribution in [0.25, 0.3) is 0 Å². The molecular weight excluding hydrogens is 198 g/mol. The van der Waals surface area contributed by atoms with Crippen molar-refractivity contribution >= 4 is 11.7 Å². The zero-order chi connectivity index (χ0) is 11.1. The van der Waals surface area contributed by atoms with Gasteiger partial charge in [-0.15, -0.1) is 0 Å². The van der Waals surface area contributed by atoms with Crippen LogP contribution in [0.15, 0.2) is 24.3 Å². The molecule has 0 spiro atoms. The lowest BCUT2D eigenvalue weighted by Crippen LogP contribution is -2.40. The molecule has 5 heteroatoms. The van der Waals surface area contributed by atoms with Crippen molar-refractivity contribution in [1.29, 1.82) is 0 Å². The van der Waals surface area contributed by atoms with Gasteiger partial charge in [-0.2, -0.15) is 0 Å². The molecule has 0 saturated carbocycles. The normalized spacial score (nSPS) is 28.3. The molecule has 2 atom stereocenters. The Balaban J connectivity index is 2.44. The van der Waals surface area contributed by atoms with Gasteiger partial charge in [0.2, 0.25) is 0 Å². The summed E-state index contributed by atoms with van der Waals surface area (Å²) in [6, 6.07) is 6.70. The highest BCUT2D eigenvalue weighted by Gasteiger charge is 2.46. The van der Waals surface area contributed by atoms with Gasteiger partial charge in [0, 0.05) is 11.3 Å². The lowest BCUT2D eigenvalue weighted by molar-refractivity contribution is -0.148. The van der Waals surface area contributed by atoms with E-state index in [0.29, 0.717) is 11.3 Å². The SMILES string of the molecule is O=C(O)CC1(O)c2ccccc2NC1O. The van der Waals surface area contributed by atoms with E-state index < -0.39 is 24.2 Å². The molecule has 0 saturated heterocycles. The van der Waals surface area contributed by atoms with Crippen molar-refractivity contribution in [2.45, 2.75) is 18.2 Å². The van der Waals surface area contributed by atoms with Gasteiger partial charge in [0.25, 0.3) is 0 Å². The lowest BCUT2D eigenvalue weighted by atomic mass is 9.91. The minimum Gasteiger partial charge on any atom is -0.481 e. The van der Waals surface area contributed by atoms with Gasteiger partial charge in [-0.05, 0) is 6.07 Å². The number of aliphatic hydroxyl groups excluding tert-OH is 1. The molecule has 1 aliphatic rings. The number of carboxylic acid groups (broad SMARTS) is 1. The summed E-state index contributed by atoms with van der Waals surface area (Å²) >= 11 is 0. The lowest BCUT2D eigenvalue weighted by Gasteiger charge is -2.24. The van der Waals surface area contributed by atoms with Crippen LogP contribution >= 0.6 is 0 Å². The largest absolute Gasteiger partial charge is 0.481 e. The molecule has 1 heterocycles. The Morgan fingerprint density at radius 3 is 2.80 bits per heavy atom. The van der Waals surface area contributed by atoms with E-state index in [-0.39, 0.29) is 0 Å². The van der Waals surface area contributed by atoms with E-state index in [2.05, 4.69) is 5.32 Å². The molecule has 0 amide bonds. The fraction of sp³-hybridized carbons (Fsp3) is 0.300. The Labute approximate surface area is 86.0 Å². The maximum absolute atomic E-state index is 10.6. The smallest absolute Gasteiger partial charge is 0.306 e. The van der Waals surface area contributed by atoms with Crippen molar-refractivity contribution in [1.82, 2.24) is 0 Å². The number of nitrogens with one attached hydrogen (secondary N) is 1. The Hall–Kier alpha value is -1.59. The summed E-state index contributed by atoms with van der Waals surface area (Å²) in [5.41, 5.74) is -0.767. The Kier molecular flexibility index (Phi) is 2.13. The number of benzene rings is 1. The molecule has 0 fully saturated rings. The monoisotopic (exact) mass is 209 g/mol. The average molecular weight is 209 g/mol. The van der Waals surface area contributed by atoms with Gasteiger partial charge < -0.3 is 20.6 Å². The minimum absolute atomic E-state index is 0.417. The number of anilines is 1. The second-order valence-corrected chi connectivity index (χ2v) is 3.59. The molecule has 15 heavy (non-hydrogen) atoms. The zero-order valence-electron chi connectivity index (χ0n) is 7.84. The molecule has 5 nitrogen and oxygen atoms in total. The van der Waals surface area contributed by atoms with Gasteiger partial charge in [-0.3, -0.25) is 4.79 Å². The first kappa shape index (κ1) is 9.95. The van der Waals surface area contributed by atoms with Crippen LogP contribution in [0.2, 0.25) is 0 Å². The van der Waals surface area contributed by atoms with Crippen LogP contribution in [0.5, 0.6) is 0 Å². The summed E-state index contributed by atoms with van der Waals surface area (Å²) in [4.78, 5) is 10.6. The molecule has 0 aliphatic carbocycles. The van der Waals surface area contributed by atoms with Gasteiger partial charge in [-0.25, -0.2) is 0 Å². The fourth-order valence-corrected chi connectivity index (χ4v) is 1.82. The summed E-state index contributed by atoms with van der Waals surface area (Å²) in [6.45, 7) is 0. The molecule has 2 unspecified atom stereocenters. The van der Waals surface area contributed by atoms with Crippen LogP contribution in [0.4, 0.5) is 5.69 Å². The Morgan fingerprint density at radius 1 is 1.47 bits per heavy atom. The third-order valence-electron chi connectivity index (χ3n) is 2.56. The van der Waals surface area contributed by atoms with Crippen molar-refractivity contribution in [2.75, 3.05) is 5.32 Å². The van der Waals surface area contributed by atoms with E-state index in [9.17, 15) is 15.0 Å². The number of aliphatic carboxylic acids is 1. The third-order valence-corrected chi connectivity index (χ3v) is 2.56. The van der Waals surface area contributed by atoms with Gasteiger partial charge in [0.1, 0.15) is 5.60 Å². The van der Waals surface area contributed by atoms with Crippen LogP contribution in [-0.2, 0) is 10.4 Å². The summed E-state index contributed by atoms with van der Waals surface area (Å²) in [7, 11) is 0. The Morgan fingerprint density at radius 2 is 2.13 bits per heavy atom. The molecule has 1 aromatic rings. The summed E-state index contributed by atoms with van der Waals surface area (Å²) < 4.78 is 0. The van der Waals surface area contributed by atoms with Crippen LogP contribution in [0.3, 0.4) is 0 Å². The third kappa shape index (κ3) is 1.45. The molecular formula is C10H11NO4. The predicted molar refractivity (Wildman–Crippen MR) is 52.2 cm³/mol. The van der Waals surface area contributed by atoms with E-state index in [1.807, 2.05) is 0 Å². The fourth-order valence-electron chi connectivity index (χ4n) is 1.82. The molecule has 2 rings (SSSR count). The zero-order valence-corrected chi connectivity index (χ0v) is 7.84. The van der Waals surface area contributed by atoms with Crippen molar-refractivity contribution in [3.63, 3.8) is 0 Å². The molecule has 0 aromatic heterocycles. The number of aliphatic hydroxyl groups is 2. The molecule has 1 aromatic carbocycles. The highest BCUT2D eigenvalue weighted by atomic mass is 16.4. The molecule has 0 bridgehead atoms. The first-order chi connectivity index (χ1) is 7.04. The van der Waals surface area contributed by atoms with E-state index in [1.165, 1.54) is 0 Å². The predicted octanol–water partition coefficient (Wildman–Crippen LogP) is 0.0928. The molecule has 0 radical (unpaired) electrons. The minimum atomic E-state index is -1.75. The van der Waals surface area contributed by atoms with Crippen molar-refractivity contribution < 1.29 is 20.1 Å². The maximum Gasteiger partial charge on any atom is 0.306 e. The quantitative estimate of drug-likeness (QED) is 0.554. The number of hydrogen-bond donors (Lipinski definition) is 4. The van der Waals surface area contributed by atoms with E-state index in [4.69, 9.17) is 5.11 Å². The topological polar surface area (TPSA) is 89.8 Å². The summed E-state index contributed by atoms with van der Waals surface area (Å²) in [6.07, 6.45) is -1.82. The molecule has 1 aliphatic heterocycles. The maximum atomic E-state index is 10.6. The van der Waals surface area contributed by atoms with E-state index in [0.717, 1.165) is 0 Å². The van der Waals surface area contributed by atoms with Crippen molar-refractivity contribution in [3.8, 4) is 0 Å². The molecule has 4 N–H and O–H groups in total. The number of fused-ring (bicyclic) bond motifs is 1. The molecule has 80 valence electrons. The summed E-state index contributed by atoms with van der Waals surface area (Å²) in [5, 5.41) is 31.0. The van der Waals surface area contributed by atoms with Gasteiger partial charge >= 0.3 is 5.97 Å². The van der Waals surface area contributed by atoms with Crippen molar-refractivity contribution in [3.05, 3.63) is 29.8 Å². The highest BCUT2D eigenvalue weighted by molar-refractivity contribution is 5.72. The van der Waals surface area contributed by atoms with E-state index >= 15 is 0 Å². The second-order valence-electron chi connectivity index (χ2n) is 3.59. The number of hydrogen-bond acceptors (Lipinski definition) is 4. The highest BCUT2D eigenvalue weighted by Crippen LogP contribution is 2.40. The summed E-state index contributed by atoms with van der Waals surface area (Å²) in [5.74, 6) is -1.16. The Bertz CT molecular complexity index is 406. The first-order valence-corrected chi connectivity index (χ1v) is 4.52. The standard InChI is InChI=1S/C10H11NO4/c12-8(13)5-10(15)6-3-1-2-4-7(6)11-9(10)14/h1-4,9,11,14-15H,5H2,(H,12,13). The van der Waals surface area contributed by atoms with Crippen LogP contribution in [0.1, 0.15) is 12.0 Å². The first-order valence-electron chi connectivity index (χ1n) is 4.52. The number of rotatable bonds is 2. The second kappa shape index (κ2) is 3.22. The number of carboxylic acids is 1. The number of carbonyl (C=O) groups is 1. The van der Waals surface area contributed by atoms with Crippen molar-refractivity contribution in [2.24, 2.45) is 0 Å². The van der Waals surface area contributed by atoms with Crippen LogP contribution < -0.4 is 5.32 Å². The van der Waals surface area contributed by atoms with Gasteiger partial charge in [0.05, 0.1) is 6.42 Å². The van der Waals surface area contributed by atoms with Gasteiger partial charge in [0.15, 0.2) is 6.23 Å². The van der Waals surface area contributed by atoms with E-state index in [1.54, 1.807) is 24.3 Å². The number of para-hydroxylation sites is 1. The average Bonchev–Trinajstić information content (AvgIpc) is 2.39.